The lowest BCUT2D eigenvalue weighted by atomic mass is 9.87. The molecule has 0 radical (unpaired) electrons. The second kappa shape index (κ2) is 10.5. The van der Waals surface area contributed by atoms with E-state index in [2.05, 4.69) is 37.9 Å². The van der Waals surface area contributed by atoms with Crippen LogP contribution in [0.3, 0.4) is 0 Å². The molecule has 2 unspecified atom stereocenters. The predicted molar refractivity (Wildman–Crippen MR) is 145 cm³/mol. The summed E-state index contributed by atoms with van der Waals surface area (Å²) in [4.78, 5) is 47.2. The van der Waals surface area contributed by atoms with Gasteiger partial charge in [0.05, 0.1) is 6.04 Å². The van der Waals surface area contributed by atoms with Crippen molar-refractivity contribution in [3.8, 4) is 0 Å². The number of hydrogen-bond donors (Lipinski definition) is 1. The normalized spacial score (nSPS) is 20.5. The molecule has 4 amide bonds. The maximum atomic E-state index is 13.1. The highest BCUT2D eigenvalue weighted by Crippen LogP contribution is 2.35. The van der Waals surface area contributed by atoms with Gasteiger partial charge in [0, 0.05) is 42.6 Å². The average molecular weight is 525 g/mol. The first-order valence-corrected chi connectivity index (χ1v) is 12.9. The summed E-state index contributed by atoms with van der Waals surface area (Å²) in [7, 11) is 0. The fourth-order valence-corrected chi connectivity index (χ4v) is 5.23. The van der Waals surface area contributed by atoms with Gasteiger partial charge in [0.1, 0.15) is 5.92 Å². The highest BCUT2D eigenvalue weighted by molar-refractivity contribution is 6.30. The second-order valence-corrected chi connectivity index (χ2v) is 11.1. The number of hydrogen-bond acceptors (Lipinski definition) is 3. The van der Waals surface area contributed by atoms with Gasteiger partial charge in [-0.15, -0.1) is 0 Å². The van der Waals surface area contributed by atoms with Crippen LogP contribution in [0.25, 0.3) is 0 Å². The number of benzene rings is 2. The summed E-state index contributed by atoms with van der Waals surface area (Å²) in [5, 5.41) is 10.4. The topological polar surface area (TPSA) is 93.5 Å². The van der Waals surface area contributed by atoms with E-state index in [1.807, 2.05) is 12.1 Å². The molecule has 1 N–H and O–H groups in total. The summed E-state index contributed by atoms with van der Waals surface area (Å²) in [5.74, 6) is -2.03. The van der Waals surface area contributed by atoms with Crippen molar-refractivity contribution in [1.82, 2.24) is 9.80 Å². The van der Waals surface area contributed by atoms with E-state index in [1.165, 1.54) is 10.5 Å². The van der Waals surface area contributed by atoms with Gasteiger partial charge in [-0.2, -0.15) is 0 Å². The average Bonchev–Trinajstić information content (AvgIpc) is 3.19. The van der Waals surface area contributed by atoms with Crippen molar-refractivity contribution in [3.05, 3.63) is 64.7 Å². The van der Waals surface area contributed by atoms with Crippen molar-refractivity contribution < 1.29 is 19.5 Å². The highest BCUT2D eigenvalue weighted by atomic mass is 35.5. The lowest BCUT2D eigenvalue weighted by Gasteiger charge is -2.38. The van der Waals surface area contributed by atoms with Crippen LogP contribution in [0.4, 0.5) is 15.3 Å². The van der Waals surface area contributed by atoms with Gasteiger partial charge in [-0.3, -0.25) is 9.69 Å². The highest BCUT2D eigenvalue weighted by Gasteiger charge is 2.42. The van der Waals surface area contributed by atoms with E-state index in [4.69, 9.17) is 11.6 Å². The SMILES string of the molecule is CC1=NC(=O)N(CCCN2CCN(c3ccc(C(C)(C)C)cc3)C2=O)C(c2cccc(Cl)c2)C1C(=O)O. The molecule has 2 aromatic carbocycles. The molecule has 37 heavy (non-hydrogen) atoms. The van der Waals surface area contributed by atoms with Gasteiger partial charge in [-0.25, -0.2) is 14.6 Å². The number of nitrogens with zero attached hydrogens (tertiary/aromatic N) is 4. The van der Waals surface area contributed by atoms with E-state index in [-0.39, 0.29) is 23.7 Å². The monoisotopic (exact) mass is 524 g/mol. The molecule has 9 heteroatoms. The zero-order chi connectivity index (χ0) is 26.9. The lowest BCUT2D eigenvalue weighted by Crippen LogP contribution is -2.47. The number of carboxylic acids is 1. The quantitative estimate of drug-likeness (QED) is 0.509. The van der Waals surface area contributed by atoms with Crippen LogP contribution in [0, 0.1) is 5.92 Å². The first-order chi connectivity index (χ1) is 17.5. The lowest BCUT2D eigenvalue weighted by molar-refractivity contribution is -0.141. The molecule has 0 saturated carbocycles. The molecule has 2 aromatic rings. The van der Waals surface area contributed by atoms with E-state index in [9.17, 15) is 19.5 Å². The molecule has 0 spiro atoms. The van der Waals surface area contributed by atoms with Crippen LogP contribution in [0.1, 0.15) is 51.3 Å². The molecule has 1 fully saturated rings. The number of rotatable bonds is 7. The Morgan fingerprint density at radius 1 is 1.08 bits per heavy atom. The van der Waals surface area contributed by atoms with Gasteiger partial charge < -0.3 is 14.9 Å². The van der Waals surface area contributed by atoms with Crippen LogP contribution >= 0.6 is 11.6 Å². The number of carbonyl (C=O) groups excluding carboxylic acids is 2. The maximum absolute atomic E-state index is 13.1. The van der Waals surface area contributed by atoms with E-state index >= 15 is 0 Å². The minimum Gasteiger partial charge on any atom is -0.481 e. The molecule has 2 heterocycles. The Balaban J connectivity index is 1.45. The smallest absolute Gasteiger partial charge is 0.344 e. The third-order valence-corrected chi connectivity index (χ3v) is 7.28. The minimum absolute atomic E-state index is 0.0383. The summed E-state index contributed by atoms with van der Waals surface area (Å²) in [5.41, 5.74) is 3.02. The van der Waals surface area contributed by atoms with Crippen LogP contribution in [0.5, 0.6) is 0 Å². The summed E-state index contributed by atoms with van der Waals surface area (Å²) in [6, 6.07) is 13.7. The van der Waals surface area contributed by atoms with E-state index in [0.29, 0.717) is 36.6 Å². The molecule has 8 nitrogen and oxygen atoms in total. The molecule has 2 aliphatic heterocycles. The number of aliphatic imine (C=N–C) groups is 1. The number of carboxylic acid groups (broad SMARTS) is 1. The fraction of sp³-hybridized carbons (Fsp3) is 0.429. The van der Waals surface area contributed by atoms with Gasteiger partial charge >= 0.3 is 18.0 Å². The first-order valence-electron chi connectivity index (χ1n) is 12.5. The number of carbonyl (C=O) groups is 3. The summed E-state index contributed by atoms with van der Waals surface area (Å²) in [6.45, 7) is 9.91. The Hall–Kier alpha value is -3.39. The van der Waals surface area contributed by atoms with Crippen molar-refractivity contribution in [3.63, 3.8) is 0 Å². The van der Waals surface area contributed by atoms with E-state index < -0.39 is 24.0 Å². The van der Waals surface area contributed by atoms with E-state index in [0.717, 1.165) is 5.69 Å². The van der Waals surface area contributed by atoms with Gasteiger partial charge in [-0.1, -0.05) is 56.6 Å². The van der Waals surface area contributed by atoms with Crippen molar-refractivity contribution in [2.45, 2.75) is 45.6 Å². The first kappa shape index (κ1) is 26.7. The maximum Gasteiger partial charge on any atom is 0.344 e. The number of anilines is 1. The molecule has 0 bridgehead atoms. The molecule has 0 aliphatic carbocycles. The van der Waals surface area contributed by atoms with Gasteiger partial charge in [0.25, 0.3) is 0 Å². The Morgan fingerprint density at radius 2 is 1.78 bits per heavy atom. The molecular weight excluding hydrogens is 492 g/mol. The Morgan fingerprint density at radius 3 is 2.41 bits per heavy atom. The van der Waals surface area contributed by atoms with Crippen LogP contribution < -0.4 is 4.90 Å². The molecular formula is C28H33ClN4O4. The van der Waals surface area contributed by atoms with Crippen molar-refractivity contribution in [2.75, 3.05) is 31.1 Å². The molecule has 2 aliphatic rings. The summed E-state index contributed by atoms with van der Waals surface area (Å²) >= 11 is 6.18. The van der Waals surface area contributed by atoms with Crippen LogP contribution in [0.2, 0.25) is 5.02 Å². The number of urea groups is 2. The van der Waals surface area contributed by atoms with Crippen molar-refractivity contribution in [1.29, 1.82) is 0 Å². The Labute approximate surface area is 222 Å². The predicted octanol–water partition coefficient (Wildman–Crippen LogP) is 5.61. The molecule has 2 atom stereocenters. The number of halogens is 1. The minimum atomic E-state index is -1.05. The van der Waals surface area contributed by atoms with Gasteiger partial charge in [0.2, 0.25) is 0 Å². The number of aliphatic carboxylic acids is 1. The van der Waals surface area contributed by atoms with E-state index in [1.54, 1.807) is 41.0 Å². The fourth-order valence-electron chi connectivity index (χ4n) is 5.03. The Bertz CT molecular complexity index is 1220. The van der Waals surface area contributed by atoms with Crippen LogP contribution in [0.15, 0.2) is 53.5 Å². The zero-order valence-corrected chi connectivity index (χ0v) is 22.4. The molecule has 4 rings (SSSR count). The molecule has 0 aromatic heterocycles. The zero-order valence-electron chi connectivity index (χ0n) is 21.6. The van der Waals surface area contributed by atoms with Crippen LogP contribution in [-0.4, -0.2) is 64.8 Å². The van der Waals surface area contributed by atoms with Gasteiger partial charge in [0.15, 0.2) is 0 Å². The summed E-state index contributed by atoms with van der Waals surface area (Å²) in [6.07, 6.45) is 0.492. The summed E-state index contributed by atoms with van der Waals surface area (Å²) < 4.78 is 0. The molecule has 1 saturated heterocycles. The largest absolute Gasteiger partial charge is 0.481 e. The third kappa shape index (κ3) is 5.64. The van der Waals surface area contributed by atoms with Crippen molar-refractivity contribution >= 4 is 41.0 Å². The van der Waals surface area contributed by atoms with Crippen LogP contribution in [-0.2, 0) is 10.2 Å². The standard InChI is InChI=1S/C28H33ClN4O4/c1-18-23(25(34)35)24(19-7-5-8-21(29)17-19)33(26(36)30-18)14-6-13-31-15-16-32(27(31)37)22-11-9-20(10-12-22)28(2,3)4/h5,7-12,17,23-24H,6,13-16H2,1-4H3,(H,34,35). The third-order valence-electron chi connectivity index (χ3n) is 7.04. The number of amides is 4. The molecule has 196 valence electrons. The Kier molecular flexibility index (Phi) is 7.59. The van der Waals surface area contributed by atoms with Crippen molar-refractivity contribution in [2.24, 2.45) is 10.9 Å². The second-order valence-electron chi connectivity index (χ2n) is 10.6. The van der Waals surface area contributed by atoms with Gasteiger partial charge in [-0.05, 0) is 54.2 Å².